The minimum Gasteiger partial charge on any atom is -0.497 e. The quantitative estimate of drug-likeness (QED) is 0.244. The molecule has 4 aromatic rings. The number of aryl methyl sites for hydroxylation is 1. The number of anilines is 1. The van der Waals surface area contributed by atoms with Gasteiger partial charge in [0.2, 0.25) is 0 Å². The molecule has 4 rings (SSSR count). The Hall–Kier alpha value is -4.03. The van der Waals surface area contributed by atoms with Crippen molar-refractivity contribution >= 4 is 35.0 Å². The minimum absolute atomic E-state index is 0.0770. The van der Waals surface area contributed by atoms with Gasteiger partial charge < -0.3 is 15.2 Å². The largest absolute Gasteiger partial charge is 0.497 e. The normalized spacial score (nSPS) is 11.0. The average Bonchev–Trinajstić information content (AvgIpc) is 3.33. The number of ketones is 1. The molecule has 0 spiro atoms. The molecule has 0 fully saturated rings. The maximum absolute atomic E-state index is 13.0. The number of halogens is 1. The van der Waals surface area contributed by atoms with Crippen LogP contribution in [-0.2, 0) is 20.7 Å². The zero-order valence-electron chi connectivity index (χ0n) is 21.1. The molecule has 13 heteroatoms. The fraction of sp³-hybridized carbons (Fsp3) is 0.240. The zero-order valence-corrected chi connectivity index (χ0v) is 22.7. The number of nitrogens with two attached hydrogens (primary N) is 1. The van der Waals surface area contributed by atoms with Crippen LogP contribution in [0.15, 0.2) is 57.2 Å². The van der Waals surface area contributed by atoms with Gasteiger partial charge >= 0.3 is 5.69 Å². The highest BCUT2D eigenvalue weighted by molar-refractivity contribution is 7.99. The van der Waals surface area contributed by atoms with Crippen molar-refractivity contribution in [3.05, 3.63) is 85.3 Å². The van der Waals surface area contributed by atoms with Crippen molar-refractivity contribution in [1.29, 1.82) is 0 Å². The van der Waals surface area contributed by atoms with Gasteiger partial charge in [0.05, 0.1) is 18.6 Å². The number of carbonyl (C=O) groups is 1. The molecule has 0 saturated heterocycles. The highest BCUT2D eigenvalue weighted by Crippen LogP contribution is 2.27. The molecule has 0 unspecified atom stereocenters. The fourth-order valence-corrected chi connectivity index (χ4v) is 4.63. The Morgan fingerprint density at radius 1 is 1.05 bits per heavy atom. The summed E-state index contributed by atoms with van der Waals surface area (Å²) in [6, 6.07) is 12.6. The van der Waals surface area contributed by atoms with Crippen LogP contribution in [0.3, 0.4) is 0 Å². The summed E-state index contributed by atoms with van der Waals surface area (Å²) in [6.07, 6.45) is 0. The van der Waals surface area contributed by atoms with Crippen molar-refractivity contribution in [2.45, 2.75) is 18.7 Å². The minimum atomic E-state index is -0.753. The van der Waals surface area contributed by atoms with Gasteiger partial charge in [-0.1, -0.05) is 29.4 Å². The number of hydrogen-bond acceptors (Lipinski definition) is 9. The summed E-state index contributed by atoms with van der Waals surface area (Å²) in [4.78, 5) is 37.7. The van der Waals surface area contributed by atoms with E-state index in [0.29, 0.717) is 33.2 Å². The molecular formula is C25H25ClN6O5S. The lowest BCUT2D eigenvalue weighted by Crippen LogP contribution is -2.41. The van der Waals surface area contributed by atoms with Gasteiger partial charge in [0, 0.05) is 19.1 Å². The predicted molar refractivity (Wildman–Crippen MR) is 145 cm³/mol. The molecule has 0 bridgehead atoms. The Bertz CT molecular complexity index is 1630. The monoisotopic (exact) mass is 556 g/mol. The first-order valence-electron chi connectivity index (χ1n) is 11.3. The number of aromatic nitrogens is 5. The van der Waals surface area contributed by atoms with E-state index in [1.54, 1.807) is 42.0 Å². The SMILES string of the molecule is COc1ccc(OCc2nnc(SCC(=O)c3c(N)n(C)c(=O)n(C)c3=O)n2-c2ccc(C)c(Cl)c2)cc1. The van der Waals surface area contributed by atoms with Crippen LogP contribution in [0.25, 0.3) is 5.69 Å². The summed E-state index contributed by atoms with van der Waals surface area (Å²) in [5, 5.41) is 9.46. The third-order valence-corrected chi connectivity index (χ3v) is 7.20. The Morgan fingerprint density at radius 2 is 1.74 bits per heavy atom. The first-order chi connectivity index (χ1) is 18.1. The number of methoxy groups -OCH3 is 1. The summed E-state index contributed by atoms with van der Waals surface area (Å²) < 4.78 is 14.7. The maximum Gasteiger partial charge on any atom is 0.332 e. The van der Waals surface area contributed by atoms with Crippen LogP contribution in [0.4, 0.5) is 5.82 Å². The van der Waals surface area contributed by atoms with Gasteiger partial charge in [-0.15, -0.1) is 10.2 Å². The molecule has 0 saturated carbocycles. The van der Waals surface area contributed by atoms with Crippen molar-refractivity contribution in [2.24, 2.45) is 14.1 Å². The van der Waals surface area contributed by atoms with Crippen LogP contribution >= 0.6 is 23.4 Å². The van der Waals surface area contributed by atoms with E-state index in [4.69, 9.17) is 26.8 Å². The number of hydrogen-bond donors (Lipinski definition) is 1. The lowest BCUT2D eigenvalue weighted by atomic mass is 10.2. The summed E-state index contributed by atoms with van der Waals surface area (Å²) in [5.74, 6) is 0.864. The van der Waals surface area contributed by atoms with Crippen molar-refractivity contribution in [1.82, 2.24) is 23.9 Å². The molecule has 0 aliphatic rings. The van der Waals surface area contributed by atoms with Crippen molar-refractivity contribution < 1.29 is 14.3 Å². The van der Waals surface area contributed by atoms with Crippen molar-refractivity contribution in [3.63, 3.8) is 0 Å². The second-order valence-electron chi connectivity index (χ2n) is 8.31. The Balaban J connectivity index is 1.64. The van der Waals surface area contributed by atoms with E-state index >= 15 is 0 Å². The molecule has 2 N–H and O–H groups in total. The summed E-state index contributed by atoms with van der Waals surface area (Å²) in [5.41, 5.74) is 5.88. The van der Waals surface area contributed by atoms with Gasteiger partial charge in [-0.3, -0.25) is 23.3 Å². The lowest BCUT2D eigenvalue weighted by Gasteiger charge is -2.13. The predicted octanol–water partition coefficient (Wildman–Crippen LogP) is 2.77. The number of carbonyl (C=O) groups excluding carboxylic acids is 1. The first kappa shape index (κ1) is 27.0. The van der Waals surface area contributed by atoms with Gasteiger partial charge in [0.25, 0.3) is 5.56 Å². The maximum atomic E-state index is 13.0. The van der Waals surface area contributed by atoms with Crippen LogP contribution in [0, 0.1) is 6.92 Å². The topological polar surface area (TPSA) is 136 Å². The van der Waals surface area contributed by atoms with E-state index in [-0.39, 0.29) is 23.7 Å². The van der Waals surface area contributed by atoms with E-state index in [9.17, 15) is 14.4 Å². The number of thioether (sulfide) groups is 1. The average molecular weight is 557 g/mol. The smallest absolute Gasteiger partial charge is 0.332 e. The van der Waals surface area contributed by atoms with Crippen LogP contribution < -0.4 is 26.5 Å². The van der Waals surface area contributed by atoms with Crippen LogP contribution in [0.2, 0.25) is 5.02 Å². The molecule has 2 heterocycles. The number of nitrogens with zero attached hydrogens (tertiary/aromatic N) is 5. The van der Waals surface area contributed by atoms with Gasteiger partial charge in [0.15, 0.2) is 16.8 Å². The molecular weight excluding hydrogens is 532 g/mol. The number of rotatable bonds is 9. The molecule has 2 aromatic heterocycles. The molecule has 0 aliphatic carbocycles. The van der Waals surface area contributed by atoms with Gasteiger partial charge in [0.1, 0.15) is 29.5 Å². The molecule has 0 aliphatic heterocycles. The van der Waals surface area contributed by atoms with Gasteiger partial charge in [-0.05, 0) is 48.9 Å². The number of ether oxygens (including phenoxy) is 2. The second kappa shape index (κ2) is 11.2. The standard InChI is InChI=1S/C25H25ClN6O5S/c1-14-5-6-15(11-18(14)26)32-20(12-37-17-9-7-16(36-4)8-10-17)28-29-24(32)38-13-19(33)21-22(27)30(2)25(35)31(3)23(21)34/h5-11H,12-13,27H2,1-4H3. The van der Waals surface area contributed by atoms with Gasteiger partial charge in [-0.2, -0.15) is 0 Å². The lowest BCUT2D eigenvalue weighted by molar-refractivity contribution is 0.102. The van der Waals surface area contributed by atoms with Crippen LogP contribution in [0.1, 0.15) is 21.7 Å². The molecule has 0 radical (unpaired) electrons. The van der Waals surface area contributed by atoms with E-state index in [1.807, 2.05) is 19.1 Å². The van der Waals surface area contributed by atoms with Crippen molar-refractivity contribution in [3.8, 4) is 17.2 Å². The molecule has 0 amide bonds. The molecule has 2 aromatic carbocycles. The van der Waals surface area contributed by atoms with E-state index in [0.717, 1.165) is 26.5 Å². The Morgan fingerprint density at radius 3 is 2.39 bits per heavy atom. The van der Waals surface area contributed by atoms with E-state index in [1.165, 1.54) is 14.1 Å². The zero-order chi connectivity index (χ0) is 27.6. The molecule has 0 atom stereocenters. The second-order valence-corrected chi connectivity index (χ2v) is 9.66. The number of nitrogen functional groups attached to an aromatic ring is 1. The highest BCUT2D eigenvalue weighted by atomic mass is 35.5. The van der Waals surface area contributed by atoms with Gasteiger partial charge in [-0.25, -0.2) is 4.79 Å². The Kier molecular flexibility index (Phi) is 7.93. The highest BCUT2D eigenvalue weighted by Gasteiger charge is 2.22. The third-order valence-electron chi connectivity index (χ3n) is 5.86. The van der Waals surface area contributed by atoms with Crippen molar-refractivity contribution in [2.75, 3.05) is 18.6 Å². The number of Topliss-reactive ketones (excluding diaryl/α,β-unsaturated/α-hetero) is 1. The fourth-order valence-electron chi connectivity index (χ4n) is 3.61. The summed E-state index contributed by atoms with van der Waals surface area (Å²) in [7, 11) is 4.27. The van der Waals surface area contributed by atoms with E-state index < -0.39 is 17.0 Å². The molecule has 198 valence electrons. The van der Waals surface area contributed by atoms with Crippen LogP contribution in [-0.4, -0.2) is 42.5 Å². The molecule has 38 heavy (non-hydrogen) atoms. The van der Waals surface area contributed by atoms with Crippen LogP contribution in [0.5, 0.6) is 11.5 Å². The Labute approximate surface area is 226 Å². The third kappa shape index (κ3) is 5.31. The summed E-state index contributed by atoms with van der Waals surface area (Å²) >= 11 is 7.45. The summed E-state index contributed by atoms with van der Waals surface area (Å²) in [6.45, 7) is 1.96. The molecule has 11 nitrogen and oxygen atoms in total. The van der Waals surface area contributed by atoms with E-state index in [2.05, 4.69) is 10.2 Å². The number of benzene rings is 2. The first-order valence-corrected chi connectivity index (χ1v) is 12.7.